The summed E-state index contributed by atoms with van der Waals surface area (Å²) >= 11 is 9.16. The average Bonchev–Trinajstić information content (AvgIpc) is 2.29. The first-order valence-corrected chi connectivity index (χ1v) is 5.86. The molecule has 0 spiro atoms. The topological polar surface area (TPSA) is 30.0 Å². The fraction of sp³-hybridized carbons (Fsp3) is 0.0909. The Morgan fingerprint density at radius 1 is 1.40 bits per heavy atom. The lowest BCUT2D eigenvalue weighted by atomic mass is 10.1. The first-order valence-electron chi connectivity index (χ1n) is 4.36. The predicted molar refractivity (Wildman–Crippen MR) is 64.9 cm³/mol. The number of nitrogens with zero attached hydrogens (tertiary/aromatic N) is 1. The summed E-state index contributed by atoms with van der Waals surface area (Å²) in [5, 5.41) is 1.72. The molecule has 4 heteroatoms. The van der Waals surface area contributed by atoms with E-state index in [1.54, 1.807) is 24.4 Å². The summed E-state index contributed by atoms with van der Waals surface area (Å²) in [6, 6.07) is 7.09. The second kappa shape index (κ2) is 4.29. The van der Waals surface area contributed by atoms with Gasteiger partial charge in [0.25, 0.3) is 0 Å². The summed E-state index contributed by atoms with van der Waals surface area (Å²) in [6.45, 7) is 0. The fourth-order valence-electron chi connectivity index (χ4n) is 1.43. The SMILES string of the molecule is O=C(CBr)c1ccc(Cl)c2cccnc12. The number of alkyl halides is 1. The van der Waals surface area contributed by atoms with Crippen LogP contribution in [0.4, 0.5) is 0 Å². The van der Waals surface area contributed by atoms with Crippen molar-refractivity contribution in [3.63, 3.8) is 0 Å². The van der Waals surface area contributed by atoms with Crippen LogP contribution >= 0.6 is 27.5 Å². The van der Waals surface area contributed by atoms with Crippen LogP contribution in [0, 0.1) is 0 Å². The number of fused-ring (bicyclic) bond motifs is 1. The Balaban J connectivity index is 2.77. The zero-order valence-corrected chi connectivity index (χ0v) is 10.0. The number of hydrogen-bond acceptors (Lipinski definition) is 2. The Kier molecular flexibility index (Phi) is 3.03. The molecule has 0 fully saturated rings. The summed E-state index contributed by atoms with van der Waals surface area (Å²) in [7, 11) is 0. The van der Waals surface area contributed by atoms with Crippen molar-refractivity contribution >= 4 is 44.2 Å². The molecule has 15 heavy (non-hydrogen) atoms. The van der Waals surface area contributed by atoms with Gasteiger partial charge in [0.2, 0.25) is 0 Å². The molecule has 2 aromatic rings. The molecule has 2 rings (SSSR count). The first-order chi connectivity index (χ1) is 7.24. The molecule has 0 unspecified atom stereocenters. The molecule has 0 saturated heterocycles. The van der Waals surface area contributed by atoms with Gasteiger partial charge in [0.1, 0.15) is 0 Å². The number of carbonyl (C=O) groups is 1. The van der Waals surface area contributed by atoms with Crippen molar-refractivity contribution in [2.45, 2.75) is 0 Å². The number of Topliss-reactive ketones (excluding diaryl/α,β-unsaturated/α-hetero) is 1. The summed E-state index contributed by atoms with van der Waals surface area (Å²) in [5.74, 6) is 0.00960. The monoisotopic (exact) mass is 283 g/mol. The van der Waals surface area contributed by atoms with Gasteiger partial charge in [-0.15, -0.1) is 0 Å². The number of carbonyl (C=O) groups excluding carboxylic acids is 1. The zero-order chi connectivity index (χ0) is 10.8. The van der Waals surface area contributed by atoms with Gasteiger partial charge in [-0.3, -0.25) is 9.78 Å². The molecule has 1 aromatic heterocycles. The molecule has 0 amide bonds. The van der Waals surface area contributed by atoms with Gasteiger partial charge in [-0.2, -0.15) is 0 Å². The lowest BCUT2D eigenvalue weighted by Gasteiger charge is -2.04. The number of pyridine rings is 1. The minimum Gasteiger partial charge on any atom is -0.293 e. The van der Waals surface area contributed by atoms with Crippen molar-refractivity contribution in [1.82, 2.24) is 4.98 Å². The molecular weight excluding hydrogens is 277 g/mol. The molecule has 0 atom stereocenters. The molecule has 0 aliphatic heterocycles. The number of ketones is 1. The Bertz CT molecular complexity index is 527. The van der Waals surface area contributed by atoms with Crippen molar-refractivity contribution in [3.8, 4) is 0 Å². The maximum atomic E-state index is 11.6. The number of hydrogen-bond donors (Lipinski definition) is 0. The second-order valence-corrected chi connectivity index (χ2v) is 4.02. The van der Waals surface area contributed by atoms with Crippen molar-refractivity contribution in [2.75, 3.05) is 5.33 Å². The van der Waals surface area contributed by atoms with E-state index in [0.717, 1.165) is 5.39 Å². The lowest BCUT2D eigenvalue weighted by Crippen LogP contribution is -2.01. The molecule has 1 aromatic carbocycles. The van der Waals surface area contributed by atoms with E-state index in [0.29, 0.717) is 21.4 Å². The molecule has 0 bridgehead atoms. The zero-order valence-electron chi connectivity index (χ0n) is 7.71. The van der Waals surface area contributed by atoms with E-state index in [9.17, 15) is 4.79 Å². The summed E-state index contributed by atoms with van der Waals surface area (Å²) in [4.78, 5) is 15.8. The van der Waals surface area contributed by atoms with Gasteiger partial charge in [-0.1, -0.05) is 27.5 Å². The van der Waals surface area contributed by atoms with Gasteiger partial charge >= 0.3 is 0 Å². The van der Waals surface area contributed by atoms with Gasteiger partial charge in [0, 0.05) is 17.1 Å². The quantitative estimate of drug-likeness (QED) is 0.624. The Morgan fingerprint density at radius 2 is 2.20 bits per heavy atom. The number of rotatable bonds is 2. The molecule has 0 N–H and O–H groups in total. The minimum atomic E-state index is 0.00960. The van der Waals surface area contributed by atoms with Crippen molar-refractivity contribution in [1.29, 1.82) is 0 Å². The van der Waals surface area contributed by atoms with E-state index in [-0.39, 0.29) is 5.78 Å². The van der Waals surface area contributed by atoms with Crippen LogP contribution in [0.3, 0.4) is 0 Å². The van der Waals surface area contributed by atoms with Crippen LogP contribution in [0.25, 0.3) is 10.9 Å². The minimum absolute atomic E-state index is 0.00960. The smallest absolute Gasteiger partial charge is 0.175 e. The summed E-state index contributed by atoms with van der Waals surface area (Å²) < 4.78 is 0. The van der Waals surface area contributed by atoms with Gasteiger partial charge in [-0.05, 0) is 24.3 Å². The van der Waals surface area contributed by atoms with E-state index < -0.39 is 0 Å². The third-order valence-electron chi connectivity index (χ3n) is 2.14. The van der Waals surface area contributed by atoms with Crippen molar-refractivity contribution in [2.24, 2.45) is 0 Å². The first kappa shape index (κ1) is 10.6. The van der Waals surface area contributed by atoms with Gasteiger partial charge in [-0.25, -0.2) is 0 Å². The van der Waals surface area contributed by atoms with E-state index in [2.05, 4.69) is 20.9 Å². The highest BCUT2D eigenvalue weighted by Gasteiger charge is 2.11. The van der Waals surface area contributed by atoms with E-state index >= 15 is 0 Å². The molecule has 2 nitrogen and oxygen atoms in total. The maximum Gasteiger partial charge on any atom is 0.175 e. The van der Waals surface area contributed by atoms with E-state index in [1.165, 1.54) is 0 Å². The van der Waals surface area contributed by atoms with Crippen molar-refractivity contribution in [3.05, 3.63) is 41.0 Å². The van der Waals surface area contributed by atoms with E-state index in [4.69, 9.17) is 11.6 Å². The molecule has 76 valence electrons. The highest BCUT2D eigenvalue weighted by Crippen LogP contribution is 2.25. The largest absolute Gasteiger partial charge is 0.293 e. The van der Waals surface area contributed by atoms with Gasteiger partial charge in [0.05, 0.1) is 15.9 Å². The standard InChI is InChI=1S/C11H7BrClNO/c12-6-10(15)8-3-4-9(13)7-2-1-5-14-11(7)8/h1-5H,6H2. The summed E-state index contributed by atoms with van der Waals surface area (Å²) in [6.07, 6.45) is 1.66. The highest BCUT2D eigenvalue weighted by molar-refractivity contribution is 9.09. The number of benzene rings is 1. The highest BCUT2D eigenvalue weighted by atomic mass is 79.9. The molecule has 0 radical (unpaired) electrons. The van der Waals surface area contributed by atoms with Crippen LogP contribution < -0.4 is 0 Å². The van der Waals surface area contributed by atoms with Gasteiger partial charge < -0.3 is 0 Å². The molecule has 0 saturated carbocycles. The normalized spacial score (nSPS) is 10.5. The fourth-order valence-corrected chi connectivity index (χ4v) is 1.95. The Morgan fingerprint density at radius 3 is 2.93 bits per heavy atom. The van der Waals surface area contributed by atoms with Crippen molar-refractivity contribution < 1.29 is 4.79 Å². The molecule has 1 heterocycles. The predicted octanol–water partition coefficient (Wildman–Crippen LogP) is 3.47. The summed E-state index contributed by atoms with van der Waals surface area (Å²) in [5.41, 5.74) is 1.27. The molecule has 0 aliphatic rings. The Hall–Kier alpha value is -0.930. The molecule has 0 aliphatic carbocycles. The third kappa shape index (κ3) is 1.90. The lowest BCUT2D eigenvalue weighted by molar-refractivity contribution is 0.102. The van der Waals surface area contributed by atoms with Gasteiger partial charge in [0.15, 0.2) is 5.78 Å². The Labute approximate surface area is 100 Å². The third-order valence-corrected chi connectivity index (χ3v) is 2.98. The van der Waals surface area contributed by atoms with Crippen LogP contribution in [-0.4, -0.2) is 16.1 Å². The van der Waals surface area contributed by atoms with Crippen LogP contribution in [0.5, 0.6) is 0 Å². The second-order valence-electron chi connectivity index (χ2n) is 3.05. The van der Waals surface area contributed by atoms with Crippen LogP contribution in [-0.2, 0) is 0 Å². The van der Waals surface area contributed by atoms with Crippen LogP contribution in [0.15, 0.2) is 30.5 Å². The number of aromatic nitrogens is 1. The maximum absolute atomic E-state index is 11.6. The molecular formula is C11H7BrClNO. The van der Waals surface area contributed by atoms with E-state index in [1.807, 2.05) is 6.07 Å². The van der Waals surface area contributed by atoms with Crippen LogP contribution in [0.1, 0.15) is 10.4 Å². The van der Waals surface area contributed by atoms with Crippen LogP contribution in [0.2, 0.25) is 5.02 Å². The average molecular weight is 285 g/mol. The number of halogens is 2.